The van der Waals surface area contributed by atoms with Crippen LogP contribution in [0.4, 0.5) is 0 Å². The Morgan fingerprint density at radius 3 is 2.00 bits per heavy atom. The van der Waals surface area contributed by atoms with Crippen molar-refractivity contribution in [3.63, 3.8) is 0 Å². The van der Waals surface area contributed by atoms with Crippen molar-refractivity contribution in [2.45, 2.75) is 12.5 Å². The van der Waals surface area contributed by atoms with Crippen LogP contribution < -0.4 is 11.1 Å². The highest BCUT2D eigenvalue weighted by molar-refractivity contribution is 6.03. The van der Waals surface area contributed by atoms with Gasteiger partial charge in [0.2, 0.25) is 5.91 Å². The summed E-state index contributed by atoms with van der Waals surface area (Å²) < 4.78 is 0. The van der Waals surface area contributed by atoms with Gasteiger partial charge in [0.1, 0.15) is 6.04 Å². The summed E-state index contributed by atoms with van der Waals surface area (Å²) in [5.41, 5.74) is 7.44. The van der Waals surface area contributed by atoms with E-state index in [0.717, 1.165) is 27.1 Å². The van der Waals surface area contributed by atoms with Crippen molar-refractivity contribution in [3.8, 4) is 6.07 Å². The van der Waals surface area contributed by atoms with Gasteiger partial charge < -0.3 is 11.1 Å². The zero-order valence-electron chi connectivity index (χ0n) is 16.1. The Labute approximate surface area is 173 Å². The first-order valence-corrected chi connectivity index (χ1v) is 9.56. The normalized spacial score (nSPS) is 11.7. The van der Waals surface area contributed by atoms with Crippen molar-refractivity contribution in [2.75, 3.05) is 0 Å². The second kappa shape index (κ2) is 8.06. The number of hydrogen-bond acceptors (Lipinski definition) is 3. The molecule has 0 unspecified atom stereocenters. The predicted molar refractivity (Wildman–Crippen MR) is 117 cm³/mol. The van der Waals surface area contributed by atoms with E-state index in [2.05, 4.69) is 11.4 Å². The molecule has 4 aromatic carbocycles. The number of nitrogens with one attached hydrogen (secondary N) is 1. The molecule has 4 rings (SSSR count). The number of fused-ring (bicyclic) bond motifs is 2. The van der Waals surface area contributed by atoms with E-state index in [0.29, 0.717) is 11.1 Å². The van der Waals surface area contributed by atoms with Crippen LogP contribution in [0.2, 0.25) is 0 Å². The first-order valence-electron chi connectivity index (χ1n) is 9.56. The molecule has 0 bridgehead atoms. The number of amides is 2. The summed E-state index contributed by atoms with van der Waals surface area (Å²) in [7, 11) is 0. The fourth-order valence-corrected chi connectivity index (χ4v) is 3.69. The van der Waals surface area contributed by atoms with Crippen molar-refractivity contribution in [1.29, 1.82) is 5.26 Å². The van der Waals surface area contributed by atoms with E-state index < -0.39 is 17.9 Å². The third-order valence-electron chi connectivity index (χ3n) is 5.22. The summed E-state index contributed by atoms with van der Waals surface area (Å²) in [6, 6.07) is 25.4. The summed E-state index contributed by atoms with van der Waals surface area (Å²) in [5.74, 6) is -1.01. The maximum atomic E-state index is 12.7. The van der Waals surface area contributed by atoms with Gasteiger partial charge in [-0.15, -0.1) is 0 Å². The number of primary amides is 1. The summed E-state index contributed by atoms with van der Waals surface area (Å²) >= 11 is 0. The third-order valence-corrected chi connectivity index (χ3v) is 5.22. The summed E-state index contributed by atoms with van der Waals surface area (Å²) in [6.07, 6.45) is 0.277. The number of carbonyl (C=O) groups is 2. The van der Waals surface area contributed by atoms with E-state index in [4.69, 9.17) is 11.0 Å². The van der Waals surface area contributed by atoms with Gasteiger partial charge in [-0.3, -0.25) is 9.59 Å². The average molecular weight is 393 g/mol. The summed E-state index contributed by atoms with van der Waals surface area (Å²) in [6.45, 7) is 0. The minimum atomic E-state index is -0.873. The maximum absolute atomic E-state index is 12.7. The molecule has 30 heavy (non-hydrogen) atoms. The molecule has 0 saturated heterocycles. The number of nitriles is 1. The largest absolute Gasteiger partial charge is 0.368 e. The second-order valence-corrected chi connectivity index (χ2v) is 7.12. The monoisotopic (exact) mass is 393 g/mol. The number of rotatable bonds is 5. The highest BCUT2D eigenvalue weighted by Gasteiger charge is 2.22. The minimum Gasteiger partial charge on any atom is -0.368 e. The highest BCUT2D eigenvalue weighted by atomic mass is 16.2. The van der Waals surface area contributed by atoms with Gasteiger partial charge in [0.15, 0.2) is 0 Å². The number of hydrogen-bond donors (Lipinski definition) is 2. The van der Waals surface area contributed by atoms with E-state index in [1.807, 2.05) is 54.6 Å². The first-order chi connectivity index (χ1) is 14.6. The fourth-order valence-electron chi connectivity index (χ4n) is 3.69. The van der Waals surface area contributed by atoms with Crippen molar-refractivity contribution in [1.82, 2.24) is 5.32 Å². The lowest BCUT2D eigenvalue weighted by Crippen LogP contribution is -2.45. The van der Waals surface area contributed by atoms with Crippen molar-refractivity contribution in [3.05, 3.63) is 95.6 Å². The van der Waals surface area contributed by atoms with E-state index in [1.165, 1.54) is 0 Å². The molecule has 0 aliphatic rings. The molecule has 0 heterocycles. The molecule has 0 aliphatic carbocycles. The molecule has 0 aromatic heterocycles. The molecule has 5 heteroatoms. The van der Waals surface area contributed by atoms with Gasteiger partial charge in [-0.25, -0.2) is 0 Å². The molecule has 146 valence electrons. The number of carbonyl (C=O) groups excluding carboxylic acids is 2. The molecule has 2 amide bonds. The second-order valence-electron chi connectivity index (χ2n) is 7.12. The molecule has 5 nitrogen and oxygen atoms in total. The van der Waals surface area contributed by atoms with Crippen LogP contribution in [0.15, 0.2) is 78.9 Å². The molecule has 0 spiro atoms. The number of nitrogens with two attached hydrogens (primary N) is 1. The Kier molecular flexibility index (Phi) is 5.15. The minimum absolute atomic E-state index is 0.277. The highest BCUT2D eigenvalue weighted by Crippen LogP contribution is 2.29. The van der Waals surface area contributed by atoms with Gasteiger partial charge in [-0.1, -0.05) is 48.5 Å². The van der Waals surface area contributed by atoms with Crippen LogP contribution in [0.3, 0.4) is 0 Å². The first kappa shape index (κ1) is 19.2. The zero-order chi connectivity index (χ0) is 21.1. The Morgan fingerprint density at radius 2 is 1.47 bits per heavy atom. The molecule has 0 fully saturated rings. The third kappa shape index (κ3) is 3.71. The summed E-state index contributed by atoms with van der Waals surface area (Å²) in [5, 5.41) is 15.8. The van der Waals surface area contributed by atoms with Gasteiger partial charge in [-0.2, -0.15) is 5.26 Å². The van der Waals surface area contributed by atoms with Gasteiger partial charge >= 0.3 is 0 Å². The van der Waals surface area contributed by atoms with Gasteiger partial charge in [0.25, 0.3) is 5.91 Å². The zero-order valence-corrected chi connectivity index (χ0v) is 16.1. The Morgan fingerprint density at radius 1 is 0.900 bits per heavy atom. The van der Waals surface area contributed by atoms with Crippen LogP contribution in [-0.2, 0) is 11.2 Å². The number of nitrogens with zero attached hydrogens (tertiary/aromatic N) is 1. The molecule has 3 N–H and O–H groups in total. The van der Waals surface area contributed by atoms with E-state index in [-0.39, 0.29) is 6.42 Å². The van der Waals surface area contributed by atoms with Crippen LogP contribution in [0.25, 0.3) is 21.5 Å². The standard InChI is InChI=1S/C25H19N3O2/c26-15-16-9-11-17(12-10-16)25(30)28-23(24(27)29)14-22-20-7-3-1-5-18(20)13-19-6-2-4-8-21(19)22/h1-13,23H,14H2,(H2,27,29)(H,28,30)/t23-/m1/s1. The quantitative estimate of drug-likeness (QED) is 0.506. The molecular formula is C25H19N3O2. The molecule has 0 aliphatic heterocycles. The number of benzene rings is 4. The van der Waals surface area contributed by atoms with Crippen LogP contribution in [0.5, 0.6) is 0 Å². The Balaban J connectivity index is 1.71. The molecular weight excluding hydrogens is 374 g/mol. The predicted octanol–water partition coefficient (Wildman–Crippen LogP) is 3.69. The van der Waals surface area contributed by atoms with Crippen LogP contribution in [0.1, 0.15) is 21.5 Å². The molecule has 0 saturated carbocycles. The lowest BCUT2D eigenvalue weighted by atomic mass is 9.92. The van der Waals surface area contributed by atoms with E-state index in [9.17, 15) is 9.59 Å². The van der Waals surface area contributed by atoms with Crippen molar-refractivity contribution < 1.29 is 9.59 Å². The van der Waals surface area contributed by atoms with Crippen LogP contribution in [0, 0.1) is 11.3 Å². The van der Waals surface area contributed by atoms with Gasteiger partial charge in [-0.05, 0) is 57.4 Å². The van der Waals surface area contributed by atoms with Gasteiger partial charge in [0.05, 0.1) is 11.6 Å². The summed E-state index contributed by atoms with van der Waals surface area (Å²) in [4.78, 5) is 24.9. The van der Waals surface area contributed by atoms with Crippen LogP contribution >= 0.6 is 0 Å². The Bertz CT molecular complexity index is 1250. The van der Waals surface area contributed by atoms with Crippen LogP contribution in [-0.4, -0.2) is 17.9 Å². The maximum Gasteiger partial charge on any atom is 0.251 e. The SMILES string of the molecule is N#Cc1ccc(C(=O)N[C@H](Cc2c3ccccc3cc3ccccc23)C(N)=O)cc1. The van der Waals surface area contributed by atoms with E-state index >= 15 is 0 Å². The molecule has 4 aromatic rings. The smallest absolute Gasteiger partial charge is 0.251 e. The molecule has 0 radical (unpaired) electrons. The average Bonchev–Trinajstić information content (AvgIpc) is 2.78. The Hall–Kier alpha value is -4.17. The van der Waals surface area contributed by atoms with Crippen molar-refractivity contribution in [2.24, 2.45) is 5.73 Å². The molecule has 1 atom stereocenters. The lowest BCUT2D eigenvalue weighted by Gasteiger charge is -2.19. The van der Waals surface area contributed by atoms with Crippen molar-refractivity contribution >= 4 is 33.4 Å². The topological polar surface area (TPSA) is 96.0 Å². The lowest BCUT2D eigenvalue weighted by molar-refractivity contribution is -0.119. The van der Waals surface area contributed by atoms with Gasteiger partial charge in [0, 0.05) is 12.0 Å². The van der Waals surface area contributed by atoms with E-state index in [1.54, 1.807) is 24.3 Å². The fraction of sp³-hybridized carbons (Fsp3) is 0.0800.